The number of amides is 1. The summed E-state index contributed by atoms with van der Waals surface area (Å²) >= 11 is 1.35. The zero-order valence-corrected chi connectivity index (χ0v) is 11.8. The maximum atomic E-state index is 12.1. The Morgan fingerprint density at radius 1 is 1.29 bits per heavy atom. The van der Waals surface area contributed by atoms with Crippen molar-refractivity contribution >= 4 is 22.9 Å². The van der Waals surface area contributed by atoms with Gasteiger partial charge in [0.25, 0.3) is 5.91 Å². The second kappa shape index (κ2) is 5.90. The molecular weight excluding hydrogens is 288 g/mol. The van der Waals surface area contributed by atoms with Gasteiger partial charge in [0.05, 0.1) is 12.9 Å². The van der Waals surface area contributed by atoms with E-state index in [1.54, 1.807) is 48.0 Å². The highest BCUT2D eigenvalue weighted by Gasteiger charge is 2.13. The van der Waals surface area contributed by atoms with Crippen molar-refractivity contribution in [3.63, 3.8) is 0 Å². The molecular formula is C15H12N2O3S. The van der Waals surface area contributed by atoms with Crippen molar-refractivity contribution in [1.82, 2.24) is 4.98 Å². The number of rotatable bonds is 4. The van der Waals surface area contributed by atoms with Gasteiger partial charge < -0.3 is 14.8 Å². The second-order valence-corrected chi connectivity index (χ2v) is 5.18. The van der Waals surface area contributed by atoms with E-state index in [9.17, 15) is 4.79 Å². The van der Waals surface area contributed by atoms with Gasteiger partial charge in [-0.05, 0) is 29.8 Å². The van der Waals surface area contributed by atoms with E-state index in [1.165, 1.54) is 11.3 Å². The number of hydrogen-bond donors (Lipinski definition) is 2. The third-order valence-corrected chi connectivity index (χ3v) is 3.72. The molecule has 2 N–H and O–H groups in total. The first-order valence-corrected chi connectivity index (χ1v) is 7.15. The number of furan rings is 1. The summed E-state index contributed by atoms with van der Waals surface area (Å²) in [5.41, 5.74) is 1.80. The molecule has 0 bridgehead atoms. The molecule has 21 heavy (non-hydrogen) atoms. The fourth-order valence-corrected chi connectivity index (χ4v) is 2.55. The molecule has 0 fully saturated rings. The van der Waals surface area contributed by atoms with Crippen molar-refractivity contribution < 1.29 is 14.3 Å². The van der Waals surface area contributed by atoms with Gasteiger partial charge in [-0.25, -0.2) is 4.98 Å². The number of carbonyl (C=O) groups excluding carboxylic acids is 1. The third-order valence-electron chi connectivity index (χ3n) is 2.86. The van der Waals surface area contributed by atoms with Crippen LogP contribution in [0.2, 0.25) is 0 Å². The van der Waals surface area contributed by atoms with Gasteiger partial charge in [0, 0.05) is 11.1 Å². The van der Waals surface area contributed by atoms with Crippen molar-refractivity contribution in [2.24, 2.45) is 0 Å². The molecule has 0 aliphatic carbocycles. The summed E-state index contributed by atoms with van der Waals surface area (Å²) in [5.74, 6) is 0.368. The van der Waals surface area contributed by atoms with Gasteiger partial charge in [-0.1, -0.05) is 12.1 Å². The van der Waals surface area contributed by atoms with E-state index in [-0.39, 0.29) is 12.5 Å². The summed E-state index contributed by atoms with van der Waals surface area (Å²) in [5, 5.41) is 14.1. The molecule has 3 aromatic rings. The maximum Gasteiger partial charge on any atom is 0.275 e. The molecule has 0 spiro atoms. The van der Waals surface area contributed by atoms with Crippen LogP contribution in [-0.2, 0) is 6.61 Å². The number of nitrogens with zero attached hydrogens (tertiary/aromatic N) is 1. The molecule has 5 nitrogen and oxygen atoms in total. The van der Waals surface area contributed by atoms with E-state index in [0.717, 1.165) is 5.56 Å². The molecule has 2 heterocycles. The lowest BCUT2D eigenvalue weighted by Gasteiger charge is -2.03. The molecule has 0 atom stereocenters. The average molecular weight is 300 g/mol. The quantitative estimate of drug-likeness (QED) is 0.776. The Labute approximate surface area is 124 Å². The SMILES string of the molecule is O=C(Nc1ccc(CO)cc1)c1csc(-c2ccco2)n1. The van der Waals surface area contributed by atoms with Crippen LogP contribution in [0.1, 0.15) is 16.1 Å². The van der Waals surface area contributed by atoms with Crippen LogP contribution in [0.15, 0.2) is 52.5 Å². The van der Waals surface area contributed by atoms with Gasteiger partial charge in [0.15, 0.2) is 10.8 Å². The number of benzene rings is 1. The molecule has 106 valence electrons. The van der Waals surface area contributed by atoms with Crippen LogP contribution in [0.4, 0.5) is 5.69 Å². The maximum absolute atomic E-state index is 12.1. The van der Waals surface area contributed by atoms with Crippen LogP contribution in [0.3, 0.4) is 0 Å². The first kappa shape index (κ1) is 13.5. The highest BCUT2D eigenvalue weighted by atomic mass is 32.1. The van der Waals surface area contributed by atoms with Crippen LogP contribution in [-0.4, -0.2) is 16.0 Å². The molecule has 3 rings (SSSR count). The molecule has 1 amide bonds. The van der Waals surface area contributed by atoms with Crippen molar-refractivity contribution in [2.45, 2.75) is 6.61 Å². The number of carbonyl (C=O) groups is 1. The smallest absolute Gasteiger partial charge is 0.275 e. The normalized spacial score (nSPS) is 10.5. The summed E-state index contributed by atoms with van der Waals surface area (Å²) < 4.78 is 5.25. The number of thiazole rings is 1. The molecule has 0 saturated heterocycles. The lowest BCUT2D eigenvalue weighted by atomic mass is 10.2. The third kappa shape index (κ3) is 3.01. The van der Waals surface area contributed by atoms with E-state index in [0.29, 0.717) is 22.1 Å². The van der Waals surface area contributed by atoms with Gasteiger partial charge in [0.2, 0.25) is 0 Å². The Morgan fingerprint density at radius 2 is 2.10 bits per heavy atom. The molecule has 0 aliphatic rings. The topological polar surface area (TPSA) is 75.4 Å². The van der Waals surface area contributed by atoms with E-state index >= 15 is 0 Å². The summed E-state index contributed by atoms with van der Waals surface area (Å²) in [7, 11) is 0. The van der Waals surface area contributed by atoms with Gasteiger partial charge >= 0.3 is 0 Å². The van der Waals surface area contributed by atoms with Crippen molar-refractivity contribution in [3.8, 4) is 10.8 Å². The van der Waals surface area contributed by atoms with Gasteiger partial charge in [-0.2, -0.15) is 0 Å². The van der Waals surface area contributed by atoms with Crippen molar-refractivity contribution in [2.75, 3.05) is 5.32 Å². The van der Waals surface area contributed by atoms with E-state index in [2.05, 4.69) is 10.3 Å². The fraction of sp³-hybridized carbons (Fsp3) is 0.0667. The standard InChI is InChI=1S/C15H12N2O3S/c18-8-10-3-5-11(6-4-10)16-14(19)12-9-21-15(17-12)13-2-1-7-20-13/h1-7,9,18H,8H2,(H,16,19). The van der Waals surface area contributed by atoms with Gasteiger partial charge in [0.1, 0.15) is 5.69 Å². The summed E-state index contributed by atoms with van der Waals surface area (Å²) in [6, 6.07) is 10.6. The fourth-order valence-electron chi connectivity index (χ4n) is 1.78. The molecule has 0 saturated carbocycles. The minimum absolute atomic E-state index is 0.0210. The average Bonchev–Trinajstić information content (AvgIpc) is 3.19. The van der Waals surface area contributed by atoms with Crippen LogP contribution >= 0.6 is 11.3 Å². The van der Waals surface area contributed by atoms with E-state index in [1.807, 2.05) is 0 Å². The predicted octanol–water partition coefficient (Wildman–Crippen LogP) is 3.15. The molecule has 1 aromatic carbocycles. The number of aliphatic hydroxyl groups excluding tert-OH is 1. The number of aliphatic hydroxyl groups is 1. The zero-order valence-electron chi connectivity index (χ0n) is 10.9. The van der Waals surface area contributed by atoms with Gasteiger partial charge in [-0.15, -0.1) is 11.3 Å². The zero-order chi connectivity index (χ0) is 14.7. The number of nitrogens with one attached hydrogen (secondary N) is 1. The molecule has 0 unspecified atom stereocenters. The molecule has 0 aliphatic heterocycles. The first-order chi connectivity index (χ1) is 10.3. The van der Waals surface area contributed by atoms with Crippen LogP contribution in [0.25, 0.3) is 10.8 Å². The van der Waals surface area contributed by atoms with Crippen molar-refractivity contribution in [3.05, 3.63) is 59.3 Å². The predicted molar refractivity (Wildman–Crippen MR) is 80.1 cm³/mol. The number of anilines is 1. The lowest BCUT2D eigenvalue weighted by molar-refractivity contribution is 0.102. The highest BCUT2D eigenvalue weighted by molar-refractivity contribution is 7.13. The van der Waals surface area contributed by atoms with Crippen molar-refractivity contribution in [1.29, 1.82) is 0 Å². The summed E-state index contributed by atoms with van der Waals surface area (Å²) in [6.45, 7) is -0.0210. The second-order valence-electron chi connectivity index (χ2n) is 4.32. The Kier molecular flexibility index (Phi) is 3.81. The molecule has 0 radical (unpaired) electrons. The van der Waals surface area contributed by atoms with Crippen LogP contribution in [0.5, 0.6) is 0 Å². The van der Waals surface area contributed by atoms with E-state index < -0.39 is 0 Å². The number of aromatic nitrogens is 1. The van der Waals surface area contributed by atoms with E-state index in [4.69, 9.17) is 9.52 Å². The van der Waals surface area contributed by atoms with Gasteiger partial charge in [-0.3, -0.25) is 4.79 Å². The number of hydrogen-bond acceptors (Lipinski definition) is 5. The summed E-state index contributed by atoms with van der Waals surface area (Å²) in [6.07, 6.45) is 1.57. The van der Waals surface area contributed by atoms with Crippen LogP contribution in [0, 0.1) is 0 Å². The largest absolute Gasteiger partial charge is 0.462 e. The minimum atomic E-state index is -0.277. The summed E-state index contributed by atoms with van der Waals surface area (Å²) in [4.78, 5) is 16.4. The molecule has 2 aromatic heterocycles. The Morgan fingerprint density at radius 3 is 2.76 bits per heavy atom. The first-order valence-electron chi connectivity index (χ1n) is 6.27. The Hall–Kier alpha value is -2.44. The molecule has 6 heteroatoms. The lowest BCUT2D eigenvalue weighted by Crippen LogP contribution is -2.12. The minimum Gasteiger partial charge on any atom is -0.462 e. The Balaban J connectivity index is 1.73. The van der Waals surface area contributed by atoms with Crippen LogP contribution < -0.4 is 5.32 Å². The highest BCUT2D eigenvalue weighted by Crippen LogP contribution is 2.24. The monoisotopic (exact) mass is 300 g/mol. The Bertz CT molecular complexity index is 733.